The highest BCUT2D eigenvalue weighted by Gasteiger charge is 2.16. The van der Waals surface area contributed by atoms with Gasteiger partial charge in [-0.25, -0.2) is 4.98 Å². The molecule has 2 N–H and O–H groups in total. The van der Waals surface area contributed by atoms with Gasteiger partial charge >= 0.3 is 0 Å². The van der Waals surface area contributed by atoms with E-state index in [1.54, 1.807) is 24.3 Å². The number of hydrogen-bond donors (Lipinski definition) is 1. The molecule has 0 atom stereocenters. The first-order valence-corrected chi connectivity index (χ1v) is 8.98. The summed E-state index contributed by atoms with van der Waals surface area (Å²) in [6, 6.07) is 14.4. The van der Waals surface area contributed by atoms with Crippen molar-refractivity contribution in [3.05, 3.63) is 63.8 Å². The fourth-order valence-electron chi connectivity index (χ4n) is 2.93. The summed E-state index contributed by atoms with van der Waals surface area (Å²) >= 11 is 7.52. The van der Waals surface area contributed by atoms with Crippen molar-refractivity contribution >= 4 is 61.0 Å². The standard InChI is InChI=1S/C19H10ClN3O2S/c20-9-5-6-14-10(7-9)16(24)11-8-12(17(21)23-18(11)25-14)19-22-13-3-1-2-4-15(13)26-19/h1-8H,(H2,21,23). The summed E-state index contributed by atoms with van der Waals surface area (Å²) in [6.45, 7) is 0. The first kappa shape index (κ1) is 15.3. The predicted molar refractivity (Wildman–Crippen MR) is 106 cm³/mol. The summed E-state index contributed by atoms with van der Waals surface area (Å²) in [5.74, 6) is 0.271. The summed E-state index contributed by atoms with van der Waals surface area (Å²) in [7, 11) is 0. The van der Waals surface area contributed by atoms with Crippen LogP contribution in [0.1, 0.15) is 0 Å². The lowest BCUT2D eigenvalue weighted by atomic mass is 10.1. The van der Waals surface area contributed by atoms with Crippen LogP contribution in [0.5, 0.6) is 0 Å². The molecule has 7 heteroatoms. The third-order valence-corrected chi connectivity index (χ3v) is 5.48. The number of anilines is 1. The van der Waals surface area contributed by atoms with Crippen LogP contribution >= 0.6 is 22.9 Å². The average Bonchev–Trinajstić information content (AvgIpc) is 3.06. The zero-order valence-electron chi connectivity index (χ0n) is 13.2. The van der Waals surface area contributed by atoms with Gasteiger partial charge in [0, 0.05) is 5.02 Å². The van der Waals surface area contributed by atoms with Crippen LogP contribution in [0.15, 0.2) is 57.7 Å². The number of halogens is 1. The van der Waals surface area contributed by atoms with Gasteiger partial charge in [0.15, 0.2) is 0 Å². The first-order valence-electron chi connectivity index (χ1n) is 7.79. The Labute approximate surface area is 155 Å². The molecule has 5 nitrogen and oxygen atoms in total. The number of nitrogens with zero attached hydrogens (tertiary/aromatic N) is 2. The van der Waals surface area contributed by atoms with E-state index in [9.17, 15) is 4.79 Å². The summed E-state index contributed by atoms with van der Waals surface area (Å²) in [4.78, 5) is 21.8. The van der Waals surface area contributed by atoms with Gasteiger partial charge in [0.2, 0.25) is 11.1 Å². The van der Waals surface area contributed by atoms with Crippen molar-refractivity contribution in [2.45, 2.75) is 0 Å². The van der Waals surface area contributed by atoms with Gasteiger partial charge in [0.25, 0.3) is 0 Å². The molecule has 0 spiro atoms. The number of nitrogens with two attached hydrogens (primary N) is 1. The van der Waals surface area contributed by atoms with Gasteiger partial charge in [0.05, 0.1) is 26.6 Å². The molecule has 0 radical (unpaired) electrons. The Bertz CT molecular complexity index is 1360. The summed E-state index contributed by atoms with van der Waals surface area (Å²) in [6.07, 6.45) is 0. The smallest absolute Gasteiger partial charge is 0.232 e. The number of benzene rings is 2. The SMILES string of the molecule is Nc1nc2oc3ccc(Cl)cc3c(=O)c2cc1-c1nc2ccccc2s1. The minimum absolute atomic E-state index is 0.196. The third kappa shape index (κ3) is 2.27. The largest absolute Gasteiger partial charge is 0.437 e. The lowest BCUT2D eigenvalue weighted by Crippen LogP contribution is -2.05. The topological polar surface area (TPSA) is 82.0 Å². The molecule has 0 aliphatic heterocycles. The molecular weight excluding hydrogens is 370 g/mol. The zero-order valence-corrected chi connectivity index (χ0v) is 14.8. The van der Waals surface area contributed by atoms with Crippen molar-refractivity contribution in [2.75, 3.05) is 5.73 Å². The number of thiazole rings is 1. The Kier molecular flexibility index (Phi) is 3.25. The second-order valence-electron chi connectivity index (χ2n) is 5.83. The van der Waals surface area contributed by atoms with Gasteiger partial charge in [0.1, 0.15) is 16.4 Å². The molecule has 0 aliphatic carbocycles. The maximum atomic E-state index is 12.9. The van der Waals surface area contributed by atoms with E-state index in [1.165, 1.54) is 11.3 Å². The molecule has 0 aliphatic rings. The monoisotopic (exact) mass is 379 g/mol. The van der Waals surface area contributed by atoms with Crippen molar-refractivity contribution in [3.63, 3.8) is 0 Å². The molecule has 0 bridgehead atoms. The average molecular weight is 380 g/mol. The number of pyridine rings is 1. The first-order chi connectivity index (χ1) is 12.6. The van der Waals surface area contributed by atoms with E-state index in [4.69, 9.17) is 21.8 Å². The molecule has 5 rings (SSSR count). The normalized spacial score (nSPS) is 11.6. The Hall–Kier alpha value is -2.96. The number of nitrogen functional groups attached to an aromatic ring is 1. The molecule has 3 aromatic heterocycles. The minimum atomic E-state index is -0.196. The predicted octanol–water partition coefficient (Wildman–Crippen LogP) is 4.85. The van der Waals surface area contributed by atoms with E-state index in [-0.39, 0.29) is 17.0 Å². The fourth-order valence-corrected chi connectivity index (χ4v) is 4.09. The van der Waals surface area contributed by atoms with Crippen molar-refractivity contribution in [3.8, 4) is 10.6 Å². The van der Waals surface area contributed by atoms with Gasteiger partial charge in [-0.1, -0.05) is 23.7 Å². The van der Waals surface area contributed by atoms with Crippen LogP contribution < -0.4 is 11.2 Å². The van der Waals surface area contributed by atoms with Gasteiger partial charge in [-0.15, -0.1) is 11.3 Å². The molecule has 0 fully saturated rings. The lowest BCUT2D eigenvalue weighted by Gasteiger charge is -2.05. The summed E-state index contributed by atoms with van der Waals surface area (Å²) < 4.78 is 6.79. The van der Waals surface area contributed by atoms with E-state index in [2.05, 4.69) is 9.97 Å². The summed E-state index contributed by atoms with van der Waals surface area (Å²) in [5, 5.41) is 1.94. The van der Waals surface area contributed by atoms with Gasteiger partial charge in [-0.05, 0) is 36.4 Å². The molecule has 5 aromatic rings. The van der Waals surface area contributed by atoms with Crippen LogP contribution in [-0.2, 0) is 0 Å². The van der Waals surface area contributed by atoms with Crippen molar-refractivity contribution in [2.24, 2.45) is 0 Å². The molecule has 26 heavy (non-hydrogen) atoms. The maximum absolute atomic E-state index is 12.9. The van der Waals surface area contributed by atoms with Crippen LogP contribution in [0.3, 0.4) is 0 Å². The zero-order chi connectivity index (χ0) is 17.8. The van der Waals surface area contributed by atoms with Crippen LogP contribution in [-0.4, -0.2) is 9.97 Å². The number of aromatic nitrogens is 2. The second-order valence-corrected chi connectivity index (χ2v) is 7.30. The quantitative estimate of drug-likeness (QED) is 0.421. The molecular formula is C19H10ClN3O2S. The fraction of sp³-hybridized carbons (Fsp3) is 0. The number of hydrogen-bond acceptors (Lipinski definition) is 6. The Morgan fingerprint density at radius 2 is 1.88 bits per heavy atom. The van der Waals surface area contributed by atoms with Gasteiger partial charge in [-0.3, -0.25) is 4.79 Å². The molecule has 0 amide bonds. The van der Waals surface area contributed by atoms with Crippen LogP contribution in [0.2, 0.25) is 5.02 Å². The highest BCUT2D eigenvalue weighted by atomic mass is 35.5. The van der Waals surface area contributed by atoms with Crippen LogP contribution in [0, 0.1) is 0 Å². The van der Waals surface area contributed by atoms with E-state index < -0.39 is 0 Å². The van der Waals surface area contributed by atoms with Crippen LogP contribution in [0.4, 0.5) is 5.82 Å². The van der Waals surface area contributed by atoms with Crippen LogP contribution in [0.25, 0.3) is 42.9 Å². The highest BCUT2D eigenvalue weighted by Crippen LogP contribution is 2.34. The van der Waals surface area contributed by atoms with Gasteiger partial charge in [-0.2, -0.15) is 4.98 Å². The maximum Gasteiger partial charge on any atom is 0.232 e. The van der Waals surface area contributed by atoms with Crippen molar-refractivity contribution < 1.29 is 4.42 Å². The second kappa shape index (κ2) is 5.52. The molecule has 0 unspecified atom stereocenters. The lowest BCUT2D eigenvalue weighted by molar-refractivity contribution is 0.645. The Morgan fingerprint density at radius 3 is 2.73 bits per heavy atom. The van der Waals surface area contributed by atoms with E-state index in [0.717, 1.165) is 10.2 Å². The van der Waals surface area contributed by atoms with E-state index >= 15 is 0 Å². The van der Waals surface area contributed by atoms with Gasteiger partial charge < -0.3 is 10.2 Å². The molecule has 0 saturated carbocycles. The van der Waals surface area contributed by atoms with E-state index in [0.29, 0.717) is 31.9 Å². The third-order valence-electron chi connectivity index (χ3n) is 4.18. The number of para-hydroxylation sites is 1. The van der Waals surface area contributed by atoms with E-state index in [1.807, 2.05) is 24.3 Å². The number of rotatable bonds is 1. The molecule has 3 heterocycles. The van der Waals surface area contributed by atoms with Crippen molar-refractivity contribution in [1.82, 2.24) is 9.97 Å². The molecule has 126 valence electrons. The molecule has 2 aromatic carbocycles. The minimum Gasteiger partial charge on any atom is -0.437 e. The Morgan fingerprint density at radius 1 is 1.04 bits per heavy atom. The molecule has 0 saturated heterocycles. The summed E-state index contributed by atoms with van der Waals surface area (Å²) in [5.41, 5.74) is 8.06. The highest BCUT2D eigenvalue weighted by molar-refractivity contribution is 7.21. The number of fused-ring (bicyclic) bond motifs is 3. The Balaban J connectivity index is 1.83. The van der Waals surface area contributed by atoms with Crippen molar-refractivity contribution in [1.29, 1.82) is 0 Å².